The maximum absolute atomic E-state index is 13.5. The summed E-state index contributed by atoms with van der Waals surface area (Å²) >= 11 is 0. The third kappa shape index (κ3) is 3.79. The van der Waals surface area contributed by atoms with Gasteiger partial charge in [-0.05, 0) is 36.6 Å². The molecule has 0 spiro atoms. The van der Waals surface area contributed by atoms with Crippen LogP contribution in [0.3, 0.4) is 0 Å². The number of carbonyl (C=O) groups is 2. The van der Waals surface area contributed by atoms with Crippen LogP contribution in [0.15, 0.2) is 29.5 Å². The second-order valence-corrected chi connectivity index (χ2v) is 7.11. The van der Waals surface area contributed by atoms with Crippen molar-refractivity contribution >= 4 is 11.7 Å². The van der Waals surface area contributed by atoms with E-state index in [1.165, 1.54) is 0 Å². The van der Waals surface area contributed by atoms with E-state index in [9.17, 15) is 54.2 Å². The topological polar surface area (TPSA) is 57.6 Å². The molecule has 1 heterocycles. The van der Waals surface area contributed by atoms with Crippen LogP contribution in [0.5, 0.6) is 0 Å². The highest BCUT2D eigenvalue weighted by Gasteiger charge is 2.69. The number of hydrogen-bond acceptors (Lipinski definition) is 3. The van der Waals surface area contributed by atoms with Crippen LogP contribution in [0.2, 0.25) is 0 Å². The summed E-state index contributed by atoms with van der Waals surface area (Å²) in [5, 5.41) is 10.1. The Morgan fingerprint density at radius 3 is 1.84 bits per heavy atom. The van der Waals surface area contributed by atoms with Crippen LogP contribution >= 0.6 is 0 Å². The number of aliphatic hydroxyl groups is 1. The Hall–Kier alpha value is -2.57. The lowest BCUT2D eigenvalue weighted by molar-refractivity contribution is -0.238. The van der Waals surface area contributed by atoms with Gasteiger partial charge in [-0.3, -0.25) is 9.59 Å². The van der Waals surface area contributed by atoms with Crippen LogP contribution in [0, 0.1) is 0 Å². The maximum atomic E-state index is 13.5. The van der Waals surface area contributed by atoms with Gasteiger partial charge in [-0.15, -0.1) is 0 Å². The number of benzene rings is 1. The van der Waals surface area contributed by atoms with Crippen molar-refractivity contribution in [3.05, 3.63) is 46.2 Å². The van der Waals surface area contributed by atoms with Gasteiger partial charge in [-0.2, -0.15) is 39.5 Å². The van der Waals surface area contributed by atoms with Crippen molar-refractivity contribution in [3.8, 4) is 0 Å². The molecular formula is C18H12F9NO3. The molecule has 0 aromatic heterocycles. The van der Waals surface area contributed by atoms with Crippen LogP contribution in [-0.2, 0) is 28.5 Å². The average Bonchev–Trinajstić information content (AvgIpc) is 2.83. The van der Waals surface area contributed by atoms with Crippen LogP contribution in [0.1, 0.15) is 36.0 Å². The Bertz CT molecular complexity index is 943. The molecule has 0 fully saturated rings. The highest BCUT2D eigenvalue weighted by molar-refractivity contribution is 6.11. The molecule has 3 rings (SSSR count). The maximum Gasteiger partial charge on any atom is 0.430 e. The molecule has 0 radical (unpaired) electrons. The van der Waals surface area contributed by atoms with Crippen LogP contribution in [0.4, 0.5) is 39.5 Å². The summed E-state index contributed by atoms with van der Waals surface area (Å²) in [5.74, 6) is -3.22. The Kier molecular flexibility index (Phi) is 5.19. The van der Waals surface area contributed by atoms with Crippen LogP contribution in [0.25, 0.3) is 0 Å². The first kappa shape index (κ1) is 23.1. The van der Waals surface area contributed by atoms with Gasteiger partial charge in [-0.25, -0.2) is 0 Å². The molecule has 1 aromatic carbocycles. The van der Waals surface area contributed by atoms with Gasteiger partial charge in [0.15, 0.2) is 5.78 Å². The third-order valence-electron chi connectivity index (χ3n) is 5.03. The fraction of sp³-hybridized carbons (Fsp3) is 0.444. The highest BCUT2D eigenvalue weighted by Crippen LogP contribution is 2.48. The number of nitrogens with zero attached hydrogens (tertiary/aromatic N) is 1. The zero-order valence-corrected chi connectivity index (χ0v) is 15.2. The summed E-state index contributed by atoms with van der Waals surface area (Å²) in [7, 11) is 0. The van der Waals surface area contributed by atoms with Crippen molar-refractivity contribution in [3.63, 3.8) is 0 Å². The van der Waals surface area contributed by atoms with Crippen molar-refractivity contribution in [1.29, 1.82) is 0 Å². The molecule has 1 aliphatic carbocycles. The van der Waals surface area contributed by atoms with Gasteiger partial charge in [0, 0.05) is 12.1 Å². The normalized spacial score (nSPS) is 23.0. The molecule has 170 valence electrons. The number of Topliss-reactive ketones (excluding diaryl/α,β-unsaturated/α-hetero) is 1. The number of amides is 1. The Morgan fingerprint density at radius 1 is 0.871 bits per heavy atom. The lowest BCUT2D eigenvalue weighted by Crippen LogP contribution is -2.55. The smallest absolute Gasteiger partial charge is 0.368 e. The van der Waals surface area contributed by atoms with Gasteiger partial charge in [0.2, 0.25) is 0 Å². The highest BCUT2D eigenvalue weighted by atomic mass is 19.4. The average molecular weight is 461 g/mol. The van der Waals surface area contributed by atoms with Crippen molar-refractivity contribution in [1.82, 2.24) is 4.90 Å². The van der Waals surface area contributed by atoms with E-state index in [-0.39, 0.29) is 35.9 Å². The number of carbonyl (C=O) groups excluding carboxylic acids is 2. The molecular weight excluding hydrogens is 449 g/mol. The standard InChI is InChI=1S/C18H12F9NO3/c19-16(20,21)9-4-8(5-10(6-9)17(22,23)24)7-28-11-2-1-3-12(29)13(11)15(31,14(28)30)18(25,26)27/h4-6,31H,1-3,7H2. The molecule has 1 aliphatic heterocycles. The summed E-state index contributed by atoms with van der Waals surface area (Å²) < 4.78 is 119. The predicted molar refractivity (Wildman–Crippen MR) is 83.9 cm³/mol. The van der Waals surface area contributed by atoms with Gasteiger partial charge in [0.05, 0.1) is 23.2 Å². The van der Waals surface area contributed by atoms with Crippen LogP contribution in [-0.4, -0.2) is 33.5 Å². The second-order valence-electron chi connectivity index (χ2n) is 7.11. The van der Waals surface area contributed by atoms with E-state index in [1.807, 2.05) is 0 Å². The fourth-order valence-electron chi connectivity index (χ4n) is 3.66. The molecule has 13 heteroatoms. The van der Waals surface area contributed by atoms with Crippen molar-refractivity contribution in [2.45, 2.75) is 49.9 Å². The molecule has 0 saturated heterocycles. The molecule has 0 bridgehead atoms. The molecule has 4 nitrogen and oxygen atoms in total. The van der Waals surface area contributed by atoms with Gasteiger partial charge >= 0.3 is 18.5 Å². The molecule has 0 saturated carbocycles. The van der Waals surface area contributed by atoms with Gasteiger partial charge in [0.25, 0.3) is 11.5 Å². The number of halogens is 9. The quantitative estimate of drug-likeness (QED) is 0.666. The summed E-state index contributed by atoms with van der Waals surface area (Å²) in [4.78, 5) is 24.8. The molecule has 1 unspecified atom stereocenters. The number of rotatable bonds is 2. The van der Waals surface area contributed by atoms with E-state index in [2.05, 4.69) is 0 Å². The molecule has 31 heavy (non-hydrogen) atoms. The Balaban J connectivity index is 2.13. The Labute approximate surface area is 167 Å². The SMILES string of the molecule is O=C1CCCC2=C1C(O)(C(F)(F)F)C(=O)N2Cc1cc(C(F)(F)F)cc(C(F)(F)F)c1. The number of hydrogen-bond donors (Lipinski definition) is 1. The molecule has 1 N–H and O–H groups in total. The van der Waals surface area contributed by atoms with E-state index in [0.717, 1.165) is 0 Å². The summed E-state index contributed by atoms with van der Waals surface area (Å²) in [6.45, 7) is -1.13. The molecule has 1 amide bonds. The van der Waals surface area contributed by atoms with Gasteiger partial charge < -0.3 is 10.0 Å². The van der Waals surface area contributed by atoms with E-state index in [0.29, 0.717) is 0 Å². The number of alkyl halides is 9. The minimum Gasteiger partial charge on any atom is -0.368 e. The first-order valence-electron chi connectivity index (χ1n) is 8.64. The summed E-state index contributed by atoms with van der Waals surface area (Å²) in [6.07, 6.45) is -16.7. The summed E-state index contributed by atoms with van der Waals surface area (Å²) in [6, 6.07) is 0.354. The Morgan fingerprint density at radius 2 is 1.39 bits per heavy atom. The molecule has 1 aromatic rings. The van der Waals surface area contributed by atoms with Gasteiger partial charge in [0.1, 0.15) is 0 Å². The predicted octanol–water partition coefficient (Wildman–Crippen LogP) is 4.37. The van der Waals surface area contributed by atoms with Crippen molar-refractivity contribution in [2.75, 3.05) is 0 Å². The van der Waals surface area contributed by atoms with Crippen molar-refractivity contribution in [2.24, 2.45) is 0 Å². The van der Waals surface area contributed by atoms with Crippen LogP contribution < -0.4 is 0 Å². The van der Waals surface area contributed by atoms with E-state index in [4.69, 9.17) is 0 Å². The van der Waals surface area contributed by atoms with E-state index in [1.54, 1.807) is 0 Å². The lowest BCUT2D eigenvalue weighted by Gasteiger charge is -2.27. The largest absolute Gasteiger partial charge is 0.430 e. The van der Waals surface area contributed by atoms with Gasteiger partial charge in [-0.1, -0.05) is 0 Å². The molecule has 1 atom stereocenters. The lowest BCUT2D eigenvalue weighted by atomic mass is 9.85. The zero-order valence-electron chi connectivity index (χ0n) is 15.2. The van der Waals surface area contributed by atoms with Crippen molar-refractivity contribution < 1.29 is 54.2 Å². The zero-order chi connectivity index (χ0) is 23.6. The number of allylic oxidation sites excluding steroid dienone is 1. The molecule has 2 aliphatic rings. The second kappa shape index (κ2) is 6.97. The number of ketones is 1. The minimum absolute atomic E-state index is 0.00816. The first-order valence-corrected chi connectivity index (χ1v) is 8.64. The fourth-order valence-corrected chi connectivity index (χ4v) is 3.66. The van der Waals surface area contributed by atoms with E-state index < -0.39 is 76.7 Å². The minimum atomic E-state index is -5.63. The third-order valence-corrected chi connectivity index (χ3v) is 5.03. The van der Waals surface area contributed by atoms with E-state index >= 15 is 0 Å². The monoisotopic (exact) mass is 461 g/mol. The first-order chi connectivity index (χ1) is 14.0. The summed E-state index contributed by atoms with van der Waals surface area (Å²) in [5.41, 5.74) is -10.2.